The van der Waals surface area contributed by atoms with Crippen molar-refractivity contribution < 1.29 is 14.2 Å². The van der Waals surface area contributed by atoms with Crippen LogP contribution in [-0.2, 0) is 11.3 Å². The van der Waals surface area contributed by atoms with Crippen LogP contribution in [0.1, 0.15) is 25.8 Å². The van der Waals surface area contributed by atoms with Gasteiger partial charge in [-0.2, -0.15) is 0 Å². The van der Waals surface area contributed by atoms with Crippen molar-refractivity contribution in [3.8, 4) is 11.5 Å². The molecule has 0 unspecified atom stereocenters. The van der Waals surface area contributed by atoms with Gasteiger partial charge in [0, 0.05) is 43.8 Å². The summed E-state index contributed by atoms with van der Waals surface area (Å²) in [5, 5.41) is 4.17. The average molecular weight is 357 g/mol. The molecule has 0 radical (unpaired) electrons. The fraction of sp³-hybridized carbons (Fsp3) is 0.667. The van der Waals surface area contributed by atoms with Gasteiger partial charge in [-0.05, 0) is 25.0 Å². The summed E-state index contributed by atoms with van der Waals surface area (Å²) in [7, 11) is 0. The first kappa shape index (κ1) is 19.3. The molecule has 1 heterocycles. The van der Waals surface area contributed by atoms with Crippen LogP contribution >= 0.6 is 11.6 Å². The van der Waals surface area contributed by atoms with E-state index in [1.807, 2.05) is 19.1 Å². The van der Waals surface area contributed by atoms with Crippen LogP contribution in [0.3, 0.4) is 0 Å². The maximum absolute atomic E-state index is 6.41. The van der Waals surface area contributed by atoms with Crippen LogP contribution < -0.4 is 14.8 Å². The molecule has 1 aromatic rings. The number of halogens is 1. The quantitative estimate of drug-likeness (QED) is 0.653. The summed E-state index contributed by atoms with van der Waals surface area (Å²) in [6.07, 6.45) is 0.952. The minimum absolute atomic E-state index is 0.605. The normalized spacial score (nSPS) is 15.5. The molecule has 0 spiro atoms. The highest BCUT2D eigenvalue weighted by Crippen LogP contribution is 2.33. The van der Waals surface area contributed by atoms with E-state index in [4.69, 9.17) is 25.8 Å². The molecular formula is C18H29ClN2O3. The maximum atomic E-state index is 6.41. The topological polar surface area (TPSA) is 43.0 Å². The summed E-state index contributed by atoms with van der Waals surface area (Å²) < 4.78 is 16.8. The van der Waals surface area contributed by atoms with Crippen LogP contribution in [0.2, 0.25) is 5.02 Å². The van der Waals surface area contributed by atoms with Gasteiger partial charge in [0.1, 0.15) is 0 Å². The highest BCUT2D eigenvalue weighted by Gasteiger charge is 2.12. The van der Waals surface area contributed by atoms with Crippen LogP contribution in [0.5, 0.6) is 11.5 Å². The van der Waals surface area contributed by atoms with E-state index in [2.05, 4.69) is 17.1 Å². The molecule has 1 saturated heterocycles. The number of nitrogens with zero attached hydrogens (tertiary/aromatic N) is 1. The molecule has 1 aliphatic heterocycles. The highest BCUT2D eigenvalue weighted by molar-refractivity contribution is 6.31. The molecule has 5 nitrogen and oxygen atoms in total. The third-order valence-electron chi connectivity index (χ3n) is 3.90. The van der Waals surface area contributed by atoms with Crippen molar-refractivity contribution in [3.63, 3.8) is 0 Å². The molecule has 0 atom stereocenters. The summed E-state index contributed by atoms with van der Waals surface area (Å²) in [4.78, 5) is 2.41. The van der Waals surface area contributed by atoms with Crippen molar-refractivity contribution in [2.75, 3.05) is 52.6 Å². The van der Waals surface area contributed by atoms with E-state index >= 15 is 0 Å². The van der Waals surface area contributed by atoms with Gasteiger partial charge in [0.05, 0.1) is 26.4 Å². The molecule has 6 heteroatoms. The number of benzene rings is 1. The summed E-state index contributed by atoms with van der Waals surface area (Å²) in [6, 6.07) is 3.85. The second kappa shape index (κ2) is 10.8. The summed E-state index contributed by atoms with van der Waals surface area (Å²) in [5.74, 6) is 1.49. The standard InChI is InChI=1S/C18H29ClN2O3/c1-3-9-24-18-13-16(19)15(12-17(18)23-4-2)14-20-5-6-21-7-10-22-11-8-21/h12-13,20H,3-11,14H2,1-2H3. The first-order valence-electron chi connectivity index (χ1n) is 8.83. The predicted octanol–water partition coefficient (Wildman–Crippen LogP) is 2.95. The van der Waals surface area contributed by atoms with Crippen molar-refractivity contribution in [2.24, 2.45) is 0 Å². The zero-order valence-electron chi connectivity index (χ0n) is 14.8. The molecule has 0 amide bonds. The van der Waals surface area contributed by atoms with Gasteiger partial charge in [-0.1, -0.05) is 18.5 Å². The molecule has 136 valence electrons. The number of nitrogens with one attached hydrogen (secondary N) is 1. The van der Waals surface area contributed by atoms with Crippen LogP contribution in [-0.4, -0.2) is 57.5 Å². The Kier molecular flexibility index (Phi) is 8.67. The van der Waals surface area contributed by atoms with Gasteiger partial charge in [-0.3, -0.25) is 4.90 Å². The highest BCUT2D eigenvalue weighted by atomic mass is 35.5. The molecule has 0 bridgehead atoms. The third kappa shape index (κ3) is 6.13. The van der Waals surface area contributed by atoms with Gasteiger partial charge in [-0.25, -0.2) is 0 Å². The van der Waals surface area contributed by atoms with E-state index < -0.39 is 0 Å². The fourth-order valence-electron chi connectivity index (χ4n) is 2.59. The number of rotatable bonds is 10. The molecule has 1 aliphatic rings. The van der Waals surface area contributed by atoms with Crippen LogP contribution in [0.25, 0.3) is 0 Å². The second-order valence-electron chi connectivity index (χ2n) is 5.80. The van der Waals surface area contributed by atoms with E-state index in [0.717, 1.165) is 69.4 Å². The molecule has 24 heavy (non-hydrogen) atoms. The average Bonchev–Trinajstić information content (AvgIpc) is 2.60. The Morgan fingerprint density at radius 2 is 1.92 bits per heavy atom. The number of morpholine rings is 1. The van der Waals surface area contributed by atoms with Gasteiger partial charge in [0.15, 0.2) is 11.5 Å². The van der Waals surface area contributed by atoms with Crippen molar-refractivity contribution in [3.05, 3.63) is 22.7 Å². The minimum Gasteiger partial charge on any atom is -0.490 e. The lowest BCUT2D eigenvalue weighted by Crippen LogP contribution is -2.40. The monoisotopic (exact) mass is 356 g/mol. The Labute approximate surface area is 150 Å². The van der Waals surface area contributed by atoms with E-state index in [-0.39, 0.29) is 0 Å². The first-order valence-corrected chi connectivity index (χ1v) is 9.21. The van der Waals surface area contributed by atoms with E-state index in [1.165, 1.54) is 0 Å². The minimum atomic E-state index is 0.605. The Morgan fingerprint density at radius 1 is 1.17 bits per heavy atom. The Balaban J connectivity index is 1.87. The lowest BCUT2D eigenvalue weighted by molar-refractivity contribution is 0.0384. The first-order chi connectivity index (χ1) is 11.7. The third-order valence-corrected chi connectivity index (χ3v) is 4.25. The zero-order valence-corrected chi connectivity index (χ0v) is 15.5. The largest absolute Gasteiger partial charge is 0.490 e. The molecular weight excluding hydrogens is 328 g/mol. The van der Waals surface area contributed by atoms with E-state index in [1.54, 1.807) is 0 Å². The van der Waals surface area contributed by atoms with Crippen molar-refractivity contribution >= 4 is 11.6 Å². The van der Waals surface area contributed by atoms with E-state index in [0.29, 0.717) is 18.2 Å². The molecule has 1 N–H and O–H groups in total. The van der Waals surface area contributed by atoms with Crippen molar-refractivity contribution in [2.45, 2.75) is 26.8 Å². The van der Waals surface area contributed by atoms with Crippen LogP contribution in [0, 0.1) is 0 Å². The van der Waals surface area contributed by atoms with Gasteiger partial charge in [0.25, 0.3) is 0 Å². The van der Waals surface area contributed by atoms with E-state index in [9.17, 15) is 0 Å². The van der Waals surface area contributed by atoms with Crippen LogP contribution in [0.4, 0.5) is 0 Å². The molecule has 0 aliphatic carbocycles. The number of hydrogen-bond donors (Lipinski definition) is 1. The maximum Gasteiger partial charge on any atom is 0.162 e. The molecule has 0 aromatic heterocycles. The fourth-order valence-corrected chi connectivity index (χ4v) is 2.81. The molecule has 1 fully saturated rings. The molecule has 2 rings (SSSR count). The Hall–Kier alpha value is -1.01. The van der Waals surface area contributed by atoms with Crippen molar-refractivity contribution in [1.82, 2.24) is 10.2 Å². The Bertz CT molecular complexity index is 493. The lowest BCUT2D eigenvalue weighted by atomic mass is 10.2. The lowest BCUT2D eigenvalue weighted by Gasteiger charge is -2.26. The Morgan fingerprint density at radius 3 is 2.62 bits per heavy atom. The van der Waals surface area contributed by atoms with Crippen molar-refractivity contribution in [1.29, 1.82) is 0 Å². The van der Waals surface area contributed by atoms with Gasteiger partial charge in [0.2, 0.25) is 0 Å². The molecule has 1 aromatic carbocycles. The zero-order chi connectivity index (χ0) is 17.2. The number of ether oxygens (including phenoxy) is 3. The van der Waals surface area contributed by atoms with Gasteiger partial charge >= 0.3 is 0 Å². The summed E-state index contributed by atoms with van der Waals surface area (Å²) in [6.45, 7) is 11.7. The number of hydrogen-bond acceptors (Lipinski definition) is 5. The van der Waals surface area contributed by atoms with Gasteiger partial charge in [-0.15, -0.1) is 0 Å². The second-order valence-corrected chi connectivity index (χ2v) is 6.21. The molecule has 0 saturated carbocycles. The predicted molar refractivity (Wildman–Crippen MR) is 97.4 cm³/mol. The summed E-state index contributed by atoms with van der Waals surface area (Å²) in [5.41, 5.74) is 1.03. The SMILES string of the molecule is CCCOc1cc(Cl)c(CNCCN2CCOCC2)cc1OCC. The van der Waals surface area contributed by atoms with Gasteiger partial charge < -0.3 is 19.5 Å². The smallest absolute Gasteiger partial charge is 0.162 e. The van der Waals surface area contributed by atoms with Crippen LogP contribution in [0.15, 0.2) is 12.1 Å². The summed E-state index contributed by atoms with van der Waals surface area (Å²) >= 11 is 6.41.